The summed E-state index contributed by atoms with van der Waals surface area (Å²) in [5, 5.41) is 6.53. The fourth-order valence-electron chi connectivity index (χ4n) is 2.60. The second kappa shape index (κ2) is 7.50. The number of amides is 1. The molecule has 0 spiro atoms. The maximum absolute atomic E-state index is 12.3. The molecule has 1 fully saturated rings. The fourth-order valence-corrected chi connectivity index (χ4v) is 2.60. The van der Waals surface area contributed by atoms with Crippen LogP contribution in [0.2, 0.25) is 0 Å². The number of ether oxygens (including phenoxy) is 1. The highest BCUT2D eigenvalue weighted by Gasteiger charge is 2.28. The van der Waals surface area contributed by atoms with Gasteiger partial charge >= 0.3 is 0 Å². The van der Waals surface area contributed by atoms with E-state index in [1.165, 1.54) is 0 Å². The summed E-state index contributed by atoms with van der Waals surface area (Å²) in [5.74, 6) is 1.16. The number of methoxy groups -OCH3 is 1. The lowest BCUT2D eigenvalue weighted by molar-refractivity contribution is 0.0897. The van der Waals surface area contributed by atoms with Crippen molar-refractivity contribution in [3.63, 3.8) is 0 Å². The van der Waals surface area contributed by atoms with Crippen LogP contribution in [0.5, 0.6) is 5.75 Å². The van der Waals surface area contributed by atoms with Gasteiger partial charge in [-0.25, -0.2) is 0 Å². The molecule has 0 aromatic heterocycles. The van der Waals surface area contributed by atoms with E-state index in [0.29, 0.717) is 23.3 Å². The first-order chi connectivity index (χ1) is 9.11. The summed E-state index contributed by atoms with van der Waals surface area (Å²) < 4.78 is 5.14. The highest BCUT2D eigenvalue weighted by Crippen LogP contribution is 2.18. The van der Waals surface area contributed by atoms with E-state index in [9.17, 15) is 4.79 Å². The molecule has 1 aromatic rings. The monoisotopic (exact) mass is 298 g/mol. The first-order valence-electron chi connectivity index (χ1n) is 6.80. The van der Waals surface area contributed by atoms with Gasteiger partial charge in [-0.3, -0.25) is 4.79 Å². The van der Waals surface area contributed by atoms with Crippen molar-refractivity contribution in [1.29, 1.82) is 0 Å². The molecular weight excluding hydrogens is 276 g/mol. The first kappa shape index (κ1) is 16.8. The first-order valence-corrected chi connectivity index (χ1v) is 6.80. The van der Waals surface area contributed by atoms with Crippen molar-refractivity contribution >= 4 is 18.3 Å². The van der Waals surface area contributed by atoms with Gasteiger partial charge in [0.1, 0.15) is 5.75 Å². The minimum absolute atomic E-state index is 0. The lowest BCUT2D eigenvalue weighted by Crippen LogP contribution is -2.55. The summed E-state index contributed by atoms with van der Waals surface area (Å²) in [6.07, 6.45) is 1.09. The molecule has 1 amide bonds. The molecule has 0 aliphatic carbocycles. The topological polar surface area (TPSA) is 50.4 Å². The molecule has 1 aromatic carbocycles. The van der Waals surface area contributed by atoms with Crippen LogP contribution in [0.3, 0.4) is 0 Å². The maximum Gasteiger partial charge on any atom is 0.251 e. The number of nitrogens with one attached hydrogen (secondary N) is 2. The SMILES string of the molecule is COc1cccc(C(=O)NC2C(C)CCNC2C)c1.Cl. The van der Waals surface area contributed by atoms with Crippen molar-refractivity contribution in [2.75, 3.05) is 13.7 Å². The summed E-state index contributed by atoms with van der Waals surface area (Å²) in [7, 11) is 1.60. The van der Waals surface area contributed by atoms with E-state index >= 15 is 0 Å². The van der Waals surface area contributed by atoms with Crippen LogP contribution in [0.15, 0.2) is 24.3 Å². The Kier molecular flexibility index (Phi) is 6.30. The molecule has 4 nitrogen and oxygen atoms in total. The molecule has 3 atom stereocenters. The third-order valence-corrected chi connectivity index (χ3v) is 3.85. The Morgan fingerprint density at radius 1 is 1.40 bits per heavy atom. The summed E-state index contributed by atoms with van der Waals surface area (Å²) >= 11 is 0. The maximum atomic E-state index is 12.3. The highest BCUT2D eigenvalue weighted by atomic mass is 35.5. The van der Waals surface area contributed by atoms with Gasteiger partial charge in [0, 0.05) is 17.6 Å². The van der Waals surface area contributed by atoms with E-state index in [0.717, 1.165) is 13.0 Å². The molecule has 20 heavy (non-hydrogen) atoms. The van der Waals surface area contributed by atoms with E-state index in [-0.39, 0.29) is 24.4 Å². The van der Waals surface area contributed by atoms with Crippen molar-refractivity contribution in [2.24, 2.45) is 5.92 Å². The van der Waals surface area contributed by atoms with Gasteiger partial charge in [0.2, 0.25) is 0 Å². The molecule has 5 heteroatoms. The van der Waals surface area contributed by atoms with E-state index in [1.54, 1.807) is 13.2 Å². The van der Waals surface area contributed by atoms with Gasteiger partial charge in [0.25, 0.3) is 5.91 Å². The Bertz CT molecular complexity index is 443. The van der Waals surface area contributed by atoms with Gasteiger partial charge in [-0.2, -0.15) is 0 Å². The Balaban J connectivity index is 0.00000200. The van der Waals surface area contributed by atoms with E-state index in [4.69, 9.17) is 4.74 Å². The van der Waals surface area contributed by atoms with Crippen molar-refractivity contribution in [3.05, 3.63) is 29.8 Å². The van der Waals surface area contributed by atoms with Crippen molar-refractivity contribution < 1.29 is 9.53 Å². The van der Waals surface area contributed by atoms with Crippen LogP contribution in [0.25, 0.3) is 0 Å². The summed E-state index contributed by atoms with van der Waals surface area (Å²) in [4.78, 5) is 12.3. The molecule has 0 radical (unpaired) electrons. The smallest absolute Gasteiger partial charge is 0.251 e. The van der Waals surface area contributed by atoms with Crippen molar-refractivity contribution in [3.8, 4) is 5.75 Å². The average Bonchev–Trinajstić information content (AvgIpc) is 2.43. The second-order valence-corrected chi connectivity index (χ2v) is 5.24. The predicted molar refractivity (Wildman–Crippen MR) is 82.7 cm³/mol. The molecule has 112 valence electrons. The van der Waals surface area contributed by atoms with Crippen LogP contribution in [0.4, 0.5) is 0 Å². The normalized spacial score (nSPS) is 25.4. The standard InChI is InChI=1S/C15H22N2O2.ClH/c1-10-7-8-16-11(2)14(10)17-15(18)12-5-4-6-13(9-12)19-3;/h4-6,9-11,14,16H,7-8H2,1-3H3,(H,17,18);1H. The molecule has 0 saturated carbocycles. The summed E-state index contributed by atoms with van der Waals surface area (Å²) in [5.41, 5.74) is 0.643. The number of rotatable bonds is 3. The molecule has 0 bridgehead atoms. The molecule has 1 aliphatic heterocycles. The van der Waals surface area contributed by atoms with Crippen LogP contribution in [-0.2, 0) is 0 Å². The lowest BCUT2D eigenvalue weighted by Gasteiger charge is -2.36. The Morgan fingerprint density at radius 3 is 2.80 bits per heavy atom. The zero-order valence-electron chi connectivity index (χ0n) is 12.2. The molecule has 1 saturated heterocycles. The quantitative estimate of drug-likeness (QED) is 0.900. The zero-order chi connectivity index (χ0) is 13.8. The van der Waals surface area contributed by atoms with Crippen LogP contribution in [-0.4, -0.2) is 31.6 Å². The number of carbonyl (C=O) groups excluding carboxylic acids is 1. The van der Waals surface area contributed by atoms with Gasteiger partial charge < -0.3 is 15.4 Å². The van der Waals surface area contributed by atoms with Crippen molar-refractivity contribution in [1.82, 2.24) is 10.6 Å². The largest absolute Gasteiger partial charge is 0.497 e. The molecule has 3 unspecified atom stereocenters. The molecule has 2 N–H and O–H groups in total. The van der Waals surface area contributed by atoms with Crippen LogP contribution in [0.1, 0.15) is 30.6 Å². The van der Waals surface area contributed by atoms with Crippen LogP contribution < -0.4 is 15.4 Å². The molecule has 2 rings (SSSR count). The molecule has 1 heterocycles. The number of hydrogen-bond acceptors (Lipinski definition) is 3. The number of carbonyl (C=O) groups is 1. The number of halogens is 1. The van der Waals surface area contributed by atoms with Gasteiger partial charge in [0.15, 0.2) is 0 Å². The lowest BCUT2D eigenvalue weighted by atomic mass is 9.89. The predicted octanol–water partition coefficient (Wildman–Crippen LogP) is 2.23. The van der Waals surface area contributed by atoms with Gasteiger partial charge in [-0.05, 0) is 44.0 Å². The van der Waals surface area contributed by atoms with E-state index in [2.05, 4.69) is 24.5 Å². The van der Waals surface area contributed by atoms with Gasteiger partial charge in [0.05, 0.1) is 7.11 Å². The van der Waals surface area contributed by atoms with Crippen molar-refractivity contribution in [2.45, 2.75) is 32.4 Å². The molecule has 1 aliphatic rings. The summed E-state index contributed by atoms with van der Waals surface area (Å²) in [6.45, 7) is 5.33. The van der Waals surface area contributed by atoms with E-state index < -0.39 is 0 Å². The fraction of sp³-hybridized carbons (Fsp3) is 0.533. The van der Waals surface area contributed by atoms with Gasteiger partial charge in [-0.1, -0.05) is 13.0 Å². The number of hydrogen-bond donors (Lipinski definition) is 2. The van der Waals surface area contributed by atoms with Crippen LogP contribution in [0, 0.1) is 5.92 Å². The Hall–Kier alpha value is -1.26. The minimum Gasteiger partial charge on any atom is -0.497 e. The van der Waals surface area contributed by atoms with Crippen LogP contribution >= 0.6 is 12.4 Å². The second-order valence-electron chi connectivity index (χ2n) is 5.24. The number of benzene rings is 1. The Morgan fingerprint density at radius 2 is 2.15 bits per heavy atom. The summed E-state index contributed by atoms with van der Waals surface area (Å²) in [6, 6.07) is 7.72. The average molecular weight is 299 g/mol. The third kappa shape index (κ3) is 3.87. The van der Waals surface area contributed by atoms with E-state index in [1.807, 2.05) is 18.2 Å². The Labute approximate surface area is 126 Å². The highest BCUT2D eigenvalue weighted by molar-refractivity contribution is 5.94. The number of piperidine rings is 1. The molecular formula is C15H23ClN2O2. The minimum atomic E-state index is -0.0358. The van der Waals surface area contributed by atoms with Gasteiger partial charge in [-0.15, -0.1) is 12.4 Å². The third-order valence-electron chi connectivity index (χ3n) is 3.85. The zero-order valence-corrected chi connectivity index (χ0v) is 13.0.